The first kappa shape index (κ1) is 17.8. The lowest BCUT2D eigenvalue weighted by Crippen LogP contribution is -2.37. The summed E-state index contributed by atoms with van der Waals surface area (Å²) in [6.45, 7) is 18.4. The third-order valence-electron chi connectivity index (χ3n) is 5.25. The quantitative estimate of drug-likeness (QED) is 0.484. The summed E-state index contributed by atoms with van der Waals surface area (Å²) >= 11 is 0. The topological polar surface area (TPSA) is 12.0 Å². The first-order valence-corrected chi connectivity index (χ1v) is 8.75. The van der Waals surface area contributed by atoms with Crippen molar-refractivity contribution >= 4 is 0 Å². The van der Waals surface area contributed by atoms with Crippen molar-refractivity contribution in [3.8, 4) is 0 Å². The molecular formula is C19H37N. The van der Waals surface area contributed by atoms with Crippen molar-refractivity contribution in [3.05, 3.63) is 12.2 Å². The van der Waals surface area contributed by atoms with E-state index >= 15 is 0 Å². The summed E-state index contributed by atoms with van der Waals surface area (Å²) in [7, 11) is 0. The van der Waals surface area contributed by atoms with Crippen LogP contribution in [0.2, 0.25) is 0 Å². The lowest BCUT2D eigenvalue weighted by molar-refractivity contribution is 0.0969. The number of nitrogens with one attached hydrogen (secondary N) is 1. The number of rotatable bonds is 7. The summed E-state index contributed by atoms with van der Waals surface area (Å²) in [5.41, 5.74) is 1.92. The molecule has 118 valence electrons. The van der Waals surface area contributed by atoms with Gasteiger partial charge in [-0.2, -0.15) is 0 Å². The normalized spacial score (nSPS) is 27.6. The zero-order valence-corrected chi connectivity index (χ0v) is 14.6. The molecule has 3 unspecified atom stereocenters. The molecule has 0 spiro atoms. The molecule has 1 nitrogen and oxygen atoms in total. The number of allylic oxidation sites excluding steroid dienone is 1. The molecule has 1 N–H and O–H groups in total. The van der Waals surface area contributed by atoms with Gasteiger partial charge in [-0.25, -0.2) is 0 Å². The van der Waals surface area contributed by atoms with Gasteiger partial charge in [0.05, 0.1) is 0 Å². The molecule has 0 aromatic heterocycles. The zero-order chi connectivity index (χ0) is 15.2. The molecule has 1 heteroatoms. The third kappa shape index (κ3) is 5.60. The molecule has 0 heterocycles. The van der Waals surface area contributed by atoms with Crippen LogP contribution in [0.4, 0.5) is 0 Å². The van der Waals surface area contributed by atoms with Gasteiger partial charge in [0.15, 0.2) is 0 Å². The van der Waals surface area contributed by atoms with Crippen LogP contribution < -0.4 is 5.32 Å². The first-order chi connectivity index (χ1) is 9.38. The van der Waals surface area contributed by atoms with E-state index in [-0.39, 0.29) is 0 Å². The van der Waals surface area contributed by atoms with Crippen LogP contribution in [0.25, 0.3) is 0 Å². The molecule has 0 radical (unpaired) electrons. The van der Waals surface area contributed by atoms with Gasteiger partial charge in [-0.15, -0.1) is 0 Å². The van der Waals surface area contributed by atoms with E-state index in [4.69, 9.17) is 0 Å². The summed E-state index contributed by atoms with van der Waals surface area (Å²) in [6.07, 6.45) is 7.86. The van der Waals surface area contributed by atoms with E-state index in [0.717, 1.165) is 24.2 Å². The van der Waals surface area contributed by atoms with Crippen LogP contribution in [0, 0.1) is 23.2 Å². The van der Waals surface area contributed by atoms with Crippen LogP contribution in [0.15, 0.2) is 12.2 Å². The SMILES string of the molecule is C=C(CC)CC1CC(C(C)(C)C)CCC1CNCCC. The molecule has 3 atom stereocenters. The Labute approximate surface area is 127 Å². The minimum atomic E-state index is 0.466. The highest BCUT2D eigenvalue weighted by Gasteiger charge is 2.35. The highest BCUT2D eigenvalue weighted by atomic mass is 14.9. The summed E-state index contributed by atoms with van der Waals surface area (Å²) in [6, 6.07) is 0. The van der Waals surface area contributed by atoms with Gasteiger partial charge in [0.2, 0.25) is 0 Å². The van der Waals surface area contributed by atoms with Crippen molar-refractivity contribution in [1.29, 1.82) is 0 Å². The van der Waals surface area contributed by atoms with E-state index in [1.807, 2.05) is 0 Å². The van der Waals surface area contributed by atoms with E-state index in [9.17, 15) is 0 Å². The van der Waals surface area contributed by atoms with Gasteiger partial charge in [-0.05, 0) is 74.8 Å². The largest absolute Gasteiger partial charge is 0.316 e. The molecule has 20 heavy (non-hydrogen) atoms. The predicted octanol–water partition coefficient (Wildman–Crippen LogP) is 5.42. The highest BCUT2D eigenvalue weighted by Crippen LogP contribution is 2.44. The van der Waals surface area contributed by atoms with Crippen molar-refractivity contribution < 1.29 is 0 Å². The van der Waals surface area contributed by atoms with Crippen molar-refractivity contribution in [2.45, 2.75) is 73.1 Å². The molecule has 0 bridgehead atoms. The fraction of sp³-hybridized carbons (Fsp3) is 0.895. The maximum atomic E-state index is 4.26. The summed E-state index contributed by atoms with van der Waals surface area (Å²) in [4.78, 5) is 0. The monoisotopic (exact) mass is 279 g/mol. The van der Waals surface area contributed by atoms with Gasteiger partial charge < -0.3 is 5.32 Å². The highest BCUT2D eigenvalue weighted by molar-refractivity contribution is 4.98. The summed E-state index contributed by atoms with van der Waals surface area (Å²) < 4.78 is 0. The molecule has 1 saturated carbocycles. The Morgan fingerprint density at radius 1 is 1.15 bits per heavy atom. The Balaban J connectivity index is 2.62. The van der Waals surface area contributed by atoms with Crippen LogP contribution in [0.3, 0.4) is 0 Å². The Morgan fingerprint density at radius 3 is 2.40 bits per heavy atom. The van der Waals surface area contributed by atoms with Gasteiger partial charge in [-0.3, -0.25) is 0 Å². The average molecular weight is 280 g/mol. The minimum absolute atomic E-state index is 0.466. The van der Waals surface area contributed by atoms with E-state index in [2.05, 4.69) is 46.5 Å². The Hall–Kier alpha value is -0.300. The van der Waals surface area contributed by atoms with Crippen molar-refractivity contribution in [2.24, 2.45) is 23.2 Å². The summed E-state index contributed by atoms with van der Waals surface area (Å²) in [5, 5.41) is 3.65. The van der Waals surface area contributed by atoms with Gasteiger partial charge in [0.25, 0.3) is 0 Å². The first-order valence-electron chi connectivity index (χ1n) is 8.75. The summed E-state index contributed by atoms with van der Waals surface area (Å²) in [5.74, 6) is 2.60. The van der Waals surface area contributed by atoms with Crippen molar-refractivity contribution in [3.63, 3.8) is 0 Å². The van der Waals surface area contributed by atoms with Gasteiger partial charge in [0, 0.05) is 0 Å². The Bertz CT molecular complexity index is 287. The molecule has 1 aliphatic rings. The third-order valence-corrected chi connectivity index (χ3v) is 5.25. The van der Waals surface area contributed by atoms with Crippen molar-refractivity contribution in [2.75, 3.05) is 13.1 Å². The maximum absolute atomic E-state index is 4.26. The second-order valence-corrected chi connectivity index (χ2v) is 7.91. The fourth-order valence-electron chi connectivity index (χ4n) is 3.61. The molecule has 1 aliphatic carbocycles. The lowest BCUT2D eigenvalue weighted by atomic mass is 9.64. The van der Waals surface area contributed by atoms with Crippen LogP contribution in [-0.2, 0) is 0 Å². The molecule has 0 aromatic carbocycles. The van der Waals surface area contributed by atoms with Gasteiger partial charge >= 0.3 is 0 Å². The van der Waals surface area contributed by atoms with Crippen LogP contribution in [-0.4, -0.2) is 13.1 Å². The van der Waals surface area contributed by atoms with E-state index in [0.29, 0.717) is 5.41 Å². The smallest absolute Gasteiger partial charge is 0.00178 e. The lowest BCUT2D eigenvalue weighted by Gasteiger charge is -2.42. The molecule has 0 aromatic rings. The zero-order valence-electron chi connectivity index (χ0n) is 14.6. The van der Waals surface area contributed by atoms with Gasteiger partial charge in [-0.1, -0.05) is 46.8 Å². The standard InChI is InChI=1S/C19H37N/c1-7-11-20-14-16-9-10-18(19(4,5)6)13-17(16)12-15(3)8-2/h16-18,20H,3,7-14H2,1-2,4-6H3. The van der Waals surface area contributed by atoms with Crippen LogP contribution in [0.1, 0.15) is 73.1 Å². The van der Waals surface area contributed by atoms with E-state index < -0.39 is 0 Å². The minimum Gasteiger partial charge on any atom is -0.316 e. The van der Waals surface area contributed by atoms with E-state index in [1.54, 1.807) is 0 Å². The fourth-order valence-corrected chi connectivity index (χ4v) is 3.61. The average Bonchev–Trinajstić information content (AvgIpc) is 2.39. The van der Waals surface area contributed by atoms with Crippen LogP contribution >= 0.6 is 0 Å². The number of hydrogen-bond acceptors (Lipinski definition) is 1. The molecule has 0 amide bonds. The molecule has 0 aliphatic heterocycles. The molecular weight excluding hydrogens is 242 g/mol. The van der Waals surface area contributed by atoms with E-state index in [1.165, 1.54) is 50.8 Å². The molecule has 1 rings (SSSR count). The molecule has 0 saturated heterocycles. The maximum Gasteiger partial charge on any atom is -0.00178 e. The predicted molar refractivity (Wildman–Crippen MR) is 91.0 cm³/mol. The second-order valence-electron chi connectivity index (χ2n) is 7.91. The second kappa shape index (κ2) is 8.22. The van der Waals surface area contributed by atoms with Gasteiger partial charge in [0.1, 0.15) is 0 Å². The van der Waals surface area contributed by atoms with Crippen molar-refractivity contribution in [1.82, 2.24) is 5.32 Å². The number of hydrogen-bond donors (Lipinski definition) is 1. The molecule has 1 fully saturated rings. The Morgan fingerprint density at radius 2 is 1.85 bits per heavy atom. The Kier molecular flexibility index (Phi) is 7.29. The van der Waals surface area contributed by atoms with Crippen LogP contribution in [0.5, 0.6) is 0 Å².